The van der Waals surface area contributed by atoms with E-state index in [1.54, 1.807) is 0 Å². The van der Waals surface area contributed by atoms with Gasteiger partial charge in [0.2, 0.25) is 11.8 Å². The van der Waals surface area contributed by atoms with Gasteiger partial charge in [0.15, 0.2) is 0 Å². The number of nitrogens with zero attached hydrogens (tertiary/aromatic N) is 6. The summed E-state index contributed by atoms with van der Waals surface area (Å²) in [5.41, 5.74) is 7.23. The molecule has 4 aliphatic heterocycles. The van der Waals surface area contributed by atoms with E-state index in [0.29, 0.717) is 43.1 Å². The lowest BCUT2D eigenvalue weighted by atomic mass is 9.83. The molecule has 3 N–H and O–H groups in total. The quantitative estimate of drug-likeness (QED) is 0.0920. The van der Waals surface area contributed by atoms with Gasteiger partial charge in [-0.3, -0.25) is 29.0 Å². The molecule has 4 amide bonds. The highest BCUT2D eigenvalue weighted by Crippen LogP contribution is 2.41. The van der Waals surface area contributed by atoms with Gasteiger partial charge in [-0.05, 0) is 212 Å². The number of aliphatic imine (C=N–C) groups is 2. The van der Waals surface area contributed by atoms with Crippen LogP contribution in [0.2, 0.25) is 0 Å². The third-order valence-electron chi connectivity index (χ3n) is 18.1. The smallest absolute Gasteiger partial charge is 0.278 e. The van der Waals surface area contributed by atoms with E-state index in [1.807, 2.05) is 116 Å². The van der Waals surface area contributed by atoms with E-state index in [-0.39, 0.29) is 59.6 Å². The van der Waals surface area contributed by atoms with Crippen molar-refractivity contribution in [3.05, 3.63) is 118 Å². The molecule has 0 unspecified atom stereocenters. The van der Waals surface area contributed by atoms with Gasteiger partial charge in [-0.25, -0.2) is 0 Å². The number of hydrogen-bond acceptors (Lipinski definition) is 9. The molecule has 4 aromatic carbocycles. The number of benzene rings is 4. The number of rotatable bonds is 17. The standard InChI is InChI=1S/C36H50N4O4.C33H44N4O3/c1-24(2)37-34(41)27-10-13-30(14-11-27)40-32-23-31(44-21-20-39-18-16-29(17-19-39)36(4,5)43)15-12-28(32)22-33(40)38-35(42)26-8-6-25(3)7-9-26;1-23(2)34-32(38)26-11-14-28(15-12-26)37-30-22-29(40-20-19-36-17-5-4-6-18-36)16-13-27(30)21-31(37)35-33(39)25-9-7-24(3)8-10-25/h6-9,12,15,23-24,27,29-30,43H,10-11,13-14,16-22H2,1-5H3,(H,37,41);7-10,13,16,22-23,26,28H,4-6,11-12,14-15,17-21H2,1-3H3,(H,34,38). The van der Waals surface area contributed by atoms with Crippen molar-refractivity contribution < 1.29 is 33.8 Å². The van der Waals surface area contributed by atoms with Crippen LogP contribution in [0.5, 0.6) is 11.5 Å². The van der Waals surface area contributed by atoms with Gasteiger partial charge in [0, 0.05) is 96.6 Å². The molecular formula is C69H94N8O7. The summed E-state index contributed by atoms with van der Waals surface area (Å²) in [5.74, 6) is 3.50. The summed E-state index contributed by atoms with van der Waals surface area (Å²) in [6.07, 6.45) is 13.9. The van der Waals surface area contributed by atoms with E-state index < -0.39 is 5.60 Å². The number of aryl methyl sites for hydroxylation is 2. The molecule has 4 aromatic rings. The Bertz CT molecular complexity index is 2940. The number of carbonyl (C=O) groups is 4. The van der Waals surface area contributed by atoms with Crippen molar-refractivity contribution >= 4 is 46.7 Å². The first-order valence-electron chi connectivity index (χ1n) is 31.6. The molecule has 4 fully saturated rings. The Morgan fingerprint density at radius 2 is 0.940 bits per heavy atom. The Morgan fingerprint density at radius 1 is 0.548 bits per heavy atom. The highest BCUT2D eigenvalue weighted by Gasteiger charge is 2.39. The van der Waals surface area contributed by atoms with Gasteiger partial charge in [-0.2, -0.15) is 9.98 Å². The van der Waals surface area contributed by atoms with E-state index in [9.17, 15) is 24.3 Å². The summed E-state index contributed by atoms with van der Waals surface area (Å²) in [6, 6.07) is 28.3. The predicted octanol–water partition coefficient (Wildman–Crippen LogP) is 11.1. The third-order valence-corrected chi connectivity index (χ3v) is 18.1. The number of hydrogen-bond donors (Lipinski definition) is 3. The number of carbonyl (C=O) groups excluding carboxylic acids is 4. The maximum atomic E-state index is 13.3. The minimum Gasteiger partial charge on any atom is -0.492 e. The predicted molar refractivity (Wildman–Crippen MR) is 336 cm³/mol. The first-order chi connectivity index (χ1) is 40.3. The number of anilines is 2. The second-order valence-corrected chi connectivity index (χ2v) is 25.8. The molecule has 6 aliphatic rings. The summed E-state index contributed by atoms with van der Waals surface area (Å²) in [7, 11) is 0. The fourth-order valence-corrected chi connectivity index (χ4v) is 13.2. The lowest BCUT2D eigenvalue weighted by Gasteiger charge is -2.37. The second kappa shape index (κ2) is 28.6. The molecule has 4 heterocycles. The molecule has 2 aliphatic carbocycles. The number of piperidine rings is 2. The van der Waals surface area contributed by atoms with Gasteiger partial charge in [0.05, 0.1) is 5.60 Å². The van der Waals surface area contributed by atoms with E-state index in [4.69, 9.17) is 9.47 Å². The van der Waals surface area contributed by atoms with Crippen molar-refractivity contribution in [3.63, 3.8) is 0 Å². The average molecular weight is 1150 g/mol. The molecular weight excluding hydrogens is 1050 g/mol. The van der Waals surface area contributed by atoms with Crippen molar-refractivity contribution in [1.82, 2.24) is 20.4 Å². The van der Waals surface area contributed by atoms with Gasteiger partial charge in [0.1, 0.15) is 36.4 Å². The molecule has 2 saturated heterocycles. The van der Waals surface area contributed by atoms with Crippen LogP contribution in [0, 0.1) is 31.6 Å². The van der Waals surface area contributed by atoms with Crippen molar-refractivity contribution in [1.29, 1.82) is 0 Å². The van der Waals surface area contributed by atoms with Crippen LogP contribution in [0.3, 0.4) is 0 Å². The Hall–Kier alpha value is -6.42. The summed E-state index contributed by atoms with van der Waals surface area (Å²) in [4.78, 5) is 70.6. The highest BCUT2D eigenvalue weighted by atomic mass is 16.5. The number of fused-ring (bicyclic) bond motifs is 2. The first-order valence-corrected chi connectivity index (χ1v) is 31.6. The van der Waals surface area contributed by atoms with Crippen molar-refractivity contribution in [2.45, 2.75) is 181 Å². The Balaban J connectivity index is 0.000000202. The third kappa shape index (κ3) is 16.5. The van der Waals surface area contributed by atoms with Crippen LogP contribution < -0.4 is 29.9 Å². The van der Waals surface area contributed by atoms with Crippen molar-refractivity contribution in [2.75, 3.05) is 62.3 Å². The number of aliphatic hydroxyl groups is 1. The number of likely N-dealkylation sites (tertiary alicyclic amines) is 2. The number of amides is 4. The van der Waals surface area contributed by atoms with Crippen LogP contribution in [0.1, 0.15) is 168 Å². The molecule has 0 radical (unpaired) electrons. The molecule has 0 aromatic heterocycles. The maximum absolute atomic E-state index is 13.3. The van der Waals surface area contributed by atoms with Gasteiger partial charge < -0.3 is 35.0 Å². The molecule has 15 nitrogen and oxygen atoms in total. The highest BCUT2D eigenvalue weighted by molar-refractivity contribution is 6.14. The Kier molecular flexibility index (Phi) is 21.2. The lowest BCUT2D eigenvalue weighted by Crippen LogP contribution is -2.44. The minimum atomic E-state index is -0.620. The normalized spacial score (nSPS) is 22.4. The fourth-order valence-electron chi connectivity index (χ4n) is 13.2. The largest absolute Gasteiger partial charge is 0.492 e. The zero-order valence-electron chi connectivity index (χ0n) is 51.5. The van der Waals surface area contributed by atoms with Crippen LogP contribution in [0.25, 0.3) is 0 Å². The summed E-state index contributed by atoms with van der Waals surface area (Å²) >= 11 is 0. The maximum Gasteiger partial charge on any atom is 0.278 e. The monoisotopic (exact) mass is 1150 g/mol. The molecule has 15 heteroatoms. The van der Waals surface area contributed by atoms with Crippen molar-refractivity contribution in [3.8, 4) is 11.5 Å². The van der Waals surface area contributed by atoms with E-state index in [1.165, 1.54) is 24.8 Å². The number of amidine groups is 2. The lowest BCUT2D eigenvalue weighted by molar-refractivity contribution is -0.127. The first kappa shape index (κ1) is 62.1. The van der Waals surface area contributed by atoms with E-state index in [0.717, 1.165) is 155 Å². The average Bonchev–Trinajstić information content (AvgIpc) is 1.98. The van der Waals surface area contributed by atoms with Gasteiger partial charge in [0.25, 0.3) is 11.8 Å². The van der Waals surface area contributed by atoms with E-state index >= 15 is 0 Å². The van der Waals surface area contributed by atoms with Crippen LogP contribution in [0.15, 0.2) is 94.9 Å². The second-order valence-electron chi connectivity index (χ2n) is 25.8. The van der Waals surface area contributed by atoms with Gasteiger partial charge in [-0.15, -0.1) is 0 Å². The Morgan fingerprint density at radius 3 is 1.32 bits per heavy atom. The van der Waals surface area contributed by atoms with Crippen LogP contribution in [-0.2, 0) is 22.4 Å². The molecule has 0 bridgehead atoms. The number of nitrogens with one attached hydrogen (secondary N) is 2. The molecule has 10 rings (SSSR count). The van der Waals surface area contributed by atoms with Crippen LogP contribution in [-0.4, -0.2) is 132 Å². The molecule has 452 valence electrons. The minimum absolute atomic E-state index is 0.0217. The van der Waals surface area contributed by atoms with Gasteiger partial charge >= 0.3 is 0 Å². The van der Waals surface area contributed by atoms with Crippen molar-refractivity contribution in [2.24, 2.45) is 27.7 Å². The van der Waals surface area contributed by atoms with Crippen LogP contribution >= 0.6 is 0 Å². The fraction of sp³-hybridized carbons (Fsp3) is 0.565. The topological polar surface area (TPSA) is 169 Å². The molecule has 84 heavy (non-hydrogen) atoms. The molecule has 0 atom stereocenters. The summed E-state index contributed by atoms with van der Waals surface area (Å²) in [5, 5.41) is 16.5. The SMILES string of the molecule is Cc1ccc(C(=O)N=C2Cc3ccc(OCCN4CCC(C(C)(C)O)CC4)cc3N2C2CCC(C(=O)NC(C)C)CC2)cc1.Cc1ccc(C(=O)N=C2Cc3ccc(OCCN4CCCCC4)cc3N2C2CCC(C(=O)NC(C)C)CC2)cc1. The molecule has 0 spiro atoms. The summed E-state index contributed by atoms with van der Waals surface area (Å²) < 4.78 is 12.5. The van der Waals surface area contributed by atoms with E-state index in [2.05, 4.69) is 64.5 Å². The molecule has 2 saturated carbocycles. The summed E-state index contributed by atoms with van der Waals surface area (Å²) in [6.45, 7) is 23.2. The Labute approximate surface area is 500 Å². The van der Waals surface area contributed by atoms with Crippen LogP contribution in [0.4, 0.5) is 11.4 Å². The zero-order valence-corrected chi connectivity index (χ0v) is 51.5. The number of ether oxygens (including phenoxy) is 2. The zero-order chi connectivity index (χ0) is 59.5. The van der Waals surface area contributed by atoms with Gasteiger partial charge in [-0.1, -0.05) is 53.9 Å².